The lowest BCUT2D eigenvalue weighted by Crippen LogP contribution is -2.27. The summed E-state index contributed by atoms with van der Waals surface area (Å²) in [7, 11) is 2.07. The van der Waals surface area contributed by atoms with Gasteiger partial charge in [-0.15, -0.1) is 0 Å². The van der Waals surface area contributed by atoms with Crippen molar-refractivity contribution < 1.29 is 0 Å². The molecule has 0 bridgehead atoms. The molecule has 0 aromatic heterocycles. The Morgan fingerprint density at radius 1 is 0.667 bits per heavy atom. The fourth-order valence-corrected chi connectivity index (χ4v) is 3.15. The van der Waals surface area contributed by atoms with Crippen molar-refractivity contribution >= 4 is 0 Å². The maximum absolute atomic E-state index is 3.33. The first-order valence-electron chi connectivity index (χ1n) is 10.7. The first kappa shape index (κ1) is 24.0. The van der Waals surface area contributed by atoms with Crippen molar-refractivity contribution in [2.24, 2.45) is 22.7 Å². The normalized spacial score (nSPS) is 15.8. The maximum atomic E-state index is 3.33. The molecule has 0 aliphatic carbocycles. The van der Waals surface area contributed by atoms with Crippen molar-refractivity contribution in [3.05, 3.63) is 0 Å². The Bertz CT molecular complexity index is 303. The van der Waals surface area contributed by atoms with Crippen molar-refractivity contribution in [1.82, 2.24) is 5.32 Å². The van der Waals surface area contributed by atoms with Gasteiger partial charge in [0.2, 0.25) is 0 Å². The van der Waals surface area contributed by atoms with Crippen molar-refractivity contribution in [3.63, 3.8) is 0 Å². The summed E-state index contributed by atoms with van der Waals surface area (Å²) < 4.78 is 0. The second-order valence-electron chi connectivity index (χ2n) is 10.1. The SMILES string of the molecule is CNC(C)CCCCCCCC(C)C(C)(C)CCC(C)(C)C(C)C. The summed E-state index contributed by atoms with van der Waals surface area (Å²) in [6.07, 6.45) is 12.5. The molecule has 0 aromatic rings. The number of hydrogen-bond acceptors (Lipinski definition) is 1. The topological polar surface area (TPSA) is 12.0 Å². The van der Waals surface area contributed by atoms with Crippen LogP contribution in [0.3, 0.4) is 0 Å². The smallest absolute Gasteiger partial charge is 0.00357 e. The van der Waals surface area contributed by atoms with Crippen molar-refractivity contribution in [2.75, 3.05) is 7.05 Å². The van der Waals surface area contributed by atoms with Gasteiger partial charge in [0, 0.05) is 6.04 Å². The molecule has 0 saturated carbocycles. The minimum Gasteiger partial charge on any atom is -0.317 e. The predicted octanol–water partition coefficient (Wildman–Crippen LogP) is 7.45. The highest BCUT2D eigenvalue weighted by atomic mass is 14.8. The second-order valence-corrected chi connectivity index (χ2v) is 10.1. The van der Waals surface area contributed by atoms with Gasteiger partial charge in [-0.2, -0.15) is 0 Å². The van der Waals surface area contributed by atoms with E-state index in [1.165, 1.54) is 57.8 Å². The molecule has 0 aliphatic heterocycles. The van der Waals surface area contributed by atoms with E-state index >= 15 is 0 Å². The molecular weight excluding hydrogens is 290 g/mol. The van der Waals surface area contributed by atoms with E-state index in [0.717, 1.165) is 11.8 Å². The second kappa shape index (κ2) is 11.6. The van der Waals surface area contributed by atoms with Gasteiger partial charge in [-0.3, -0.25) is 0 Å². The molecule has 2 unspecified atom stereocenters. The highest BCUT2D eigenvalue weighted by molar-refractivity contribution is 4.80. The van der Waals surface area contributed by atoms with Gasteiger partial charge in [-0.25, -0.2) is 0 Å². The monoisotopic (exact) mass is 339 g/mol. The Labute approximate surface area is 154 Å². The van der Waals surface area contributed by atoms with Gasteiger partial charge in [0.15, 0.2) is 0 Å². The zero-order valence-corrected chi connectivity index (χ0v) is 18.6. The average Bonchev–Trinajstić information content (AvgIpc) is 2.51. The Balaban J connectivity index is 3.90. The van der Waals surface area contributed by atoms with Crippen LogP contribution in [0.2, 0.25) is 0 Å². The minimum atomic E-state index is 0.474. The predicted molar refractivity (Wildman–Crippen MR) is 112 cm³/mol. The fourth-order valence-electron chi connectivity index (χ4n) is 3.15. The van der Waals surface area contributed by atoms with E-state index in [1.54, 1.807) is 0 Å². The number of unbranched alkanes of at least 4 members (excludes halogenated alkanes) is 4. The highest BCUT2D eigenvalue weighted by Gasteiger charge is 2.30. The summed E-state index contributed by atoms with van der Waals surface area (Å²) in [6, 6.07) is 0.681. The first-order chi connectivity index (χ1) is 11.0. The fraction of sp³-hybridized carbons (Fsp3) is 1.00. The largest absolute Gasteiger partial charge is 0.317 e. The van der Waals surface area contributed by atoms with Crippen molar-refractivity contribution in [2.45, 2.75) is 119 Å². The summed E-state index contributed by atoms with van der Waals surface area (Å²) >= 11 is 0. The summed E-state index contributed by atoms with van der Waals surface area (Å²) in [5, 5.41) is 3.33. The Morgan fingerprint density at radius 3 is 1.62 bits per heavy atom. The molecular formula is C23H49N. The van der Waals surface area contributed by atoms with Crippen LogP contribution >= 0.6 is 0 Å². The van der Waals surface area contributed by atoms with E-state index < -0.39 is 0 Å². The lowest BCUT2D eigenvalue weighted by atomic mass is 9.68. The van der Waals surface area contributed by atoms with Gasteiger partial charge in [0.1, 0.15) is 0 Å². The van der Waals surface area contributed by atoms with Gasteiger partial charge in [-0.1, -0.05) is 87.0 Å². The van der Waals surface area contributed by atoms with E-state index in [2.05, 4.69) is 67.8 Å². The molecule has 0 saturated heterocycles. The molecule has 0 radical (unpaired) electrons. The molecule has 0 fully saturated rings. The molecule has 0 heterocycles. The van der Waals surface area contributed by atoms with Gasteiger partial charge in [0.25, 0.3) is 0 Å². The molecule has 2 atom stereocenters. The van der Waals surface area contributed by atoms with Crippen LogP contribution in [0.4, 0.5) is 0 Å². The number of hydrogen-bond donors (Lipinski definition) is 1. The third-order valence-corrected chi connectivity index (χ3v) is 7.08. The molecule has 1 heteroatoms. The number of rotatable bonds is 14. The third kappa shape index (κ3) is 10.1. The molecule has 1 N–H and O–H groups in total. The van der Waals surface area contributed by atoms with Gasteiger partial charge >= 0.3 is 0 Å². The van der Waals surface area contributed by atoms with E-state index in [-0.39, 0.29) is 0 Å². The highest BCUT2D eigenvalue weighted by Crippen LogP contribution is 2.41. The lowest BCUT2D eigenvalue weighted by Gasteiger charge is -2.37. The van der Waals surface area contributed by atoms with E-state index in [4.69, 9.17) is 0 Å². The summed E-state index contributed by atoms with van der Waals surface area (Å²) in [5.41, 5.74) is 0.954. The zero-order valence-electron chi connectivity index (χ0n) is 18.6. The van der Waals surface area contributed by atoms with Crippen LogP contribution in [0.25, 0.3) is 0 Å². The van der Waals surface area contributed by atoms with E-state index in [1.807, 2.05) is 0 Å². The Hall–Kier alpha value is -0.0400. The molecule has 0 aliphatic rings. The van der Waals surface area contributed by atoms with E-state index in [9.17, 15) is 0 Å². The first-order valence-corrected chi connectivity index (χ1v) is 10.7. The van der Waals surface area contributed by atoms with Crippen LogP contribution in [-0.2, 0) is 0 Å². The van der Waals surface area contributed by atoms with Crippen LogP contribution in [-0.4, -0.2) is 13.1 Å². The molecule has 0 amide bonds. The summed E-state index contributed by atoms with van der Waals surface area (Å²) in [4.78, 5) is 0. The molecule has 0 spiro atoms. The van der Waals surface area contributed by atoms with Crippen LogP contribution < -0.4 is 5.32 Å². The zero-order chi connectivity index (χ0) is 18.8. The minimum absolute atomic E-state index is 0.474. The van der Waals surface area contributed by atoms with Crippen LogP contribution in [0.5, 0.6) is 0 Å². The molecule has 1 nitrogen and oxygen atoms in total. The molecule has 0 rings (SSSR count). The van der Waals surface area contributed by atoms with Crippen LogP contribution in [0.15, 0.2) is 0 Å². The maximum Gasteiger partial charge on any atom is 0.00357 e. The van der Waals surface area contributed by atoms with E-state index in [0.29, 0.717) is 16.9 Å². The van der Waals surface area contributed by atoms with Crippen molar-refractivity contribution in [1.29, 1.82) is 0 Å². The Morgan fingerprint density at radius 2 is 1.12 bits per heavy atom. The third-order valence-electron chi connectivity index (χ3n) is 7.08. The molecule has 0 aromatic carbocycles. The quantitative estimate of drug-likeness (QED) is 0.324. The van der Waals surface area contributed by atoms with Gasteiger partial charge < -0.3 is 5.32 Å². The molecule has 24 heavy (non-hydrogen) atoms. The number of nitrogens with one attached hydrogen (secondary N) is 1. The van der Waals surface area contributed by atoms with Gasteiger partial charge in [0.05, 0.1) is 0 Å². The lowest BCUT2D eigenvalue weighted by molar-refractivity contribution is 0.136. The summed E-state index contributed by atoms with van der Waals surface area (Å²) in [5.74, 6) is 1.61. The Kier molecular flexibility index (Phi) is 11.5. The average molecular weight is 340 g/mol. The molecule has 146 valence electrons. The standard InChI is InChI=1S/C23H49N/c1-19(2)22(5,6)17-18-23(7,8)20(3)15-13-11-10-12-14-16-21(4)24-9/h19-21,24H,10-18H2,1-9H3. The summed E-state index contributed by atoms with van der Waals surface area (Å²) in [6.45, 7) is 19.4. The van der Waals surface area contributed by atoms with Crippen LogP contribution in [0, 0.1) is 22.7 Å². The van der Waals surface area contributed by atoms with Crippen LogP contribution in [0.1, 0.15) is 113 Å². The van der Waals surface area contributed by atoms with Crippen molar-refractivity contribution in [3.8, 4) is 0 Å². The van der Waals surface area contributed by atoms with Gasteiger partial charge in [-0.05, 0) is 55.9 Å².